The first-order valence-corrected chi connectivity index (χ1v) is 12.2. The van der Waals surface area contributed by atoms with Gasteiger partial charge in [-0.15, -0.1) is 4.33 Å². The molecule has 0 aromatic heterocycles. The number of carbonyl (C=O) groups is 1. The van der Waals surface area contributed by atoms with Crippen molar-refractivity contribution in [3.8, 4) is 0 Å². The van der Waals surface area contributed by atoms with Crippen LogP contribution in [0, 0.1) is 0 Å². The maximum absolute atomic E-state index is 11.9. The van der Waals surface area contributed by atoms with Gasteiger partial charge in [-0.3, -0.25) is 9.35 Å². The lowest BCUT2D eigenvalue weighted by Gasteiger charge is -2.18. The van der Waals surface area contributed by atoms with Gasteiger partial charge in [0, 0.05) is 36.3 Å². The van der Waals surface area contributed by atoms with Gasteiger partial charge in [-0.25, -0.2) is 5.26 Å². The van der Waals surface area contributed by atoms with Gasteiger partial charge in [0.1, 0.15) is 6.54 Å². The first-order valence-electron chi connectivity index (χ1n) is 10.1. The Bertz CT molecular complexity index is 1190. The molecule has 11 heteroatoms. The average molecular weight is 485 g/mol. The molecule has 1 aliphatic heterocycles. The van der Waals surface area contributed by atoms with E-state index < -0.39 is 21.5 Å². The van der Waals surface area contributed by atoms with Gasteiger partial charge in [0.05, 0.1) is 22.4 Å². The molecule has 1 aliphatic rings. The summed E-state index contributed by atoms with van der Waals surface area (Å²) in [5, 5.41) is 22.3. The number of benzene rings is 2. The highest BCUT2D eigenvalue weighted by molar-refractivity contribution is 7.94. The molecule has 2 aromatic carbocycles. The molecular weight excluding hydrogens is 458 g/mol. The lowest BCUT2D eigenvalue weighted by Crippen LogP contribution is -2.27. The Balaban J connectivity index is 2.09. The molecule has 2 aromatic rings. The van der Waals surface area contributed by atoms with Gasteiger partial charge in [0.25, 0.3) is 10.1 Å². The summed E-state index contributed by atoms with van der Waals surface area (Å²) in [5.41, 5.74) is 2.50. The van der Waals surface area contributed by atoms with Crippen molar-refractivity contribution >= 4 is 50.3 Å². The average Bonchev–Trinajstić information content (AvgIpc) is 2.91. The molecule has 0 unspecified atom stereocenters. The summed E-state index contributed by atoms with van der Waals surface area (Å²) < 4.78 is 40.2. The number of carboxylic acid groups (broad SMARTS) is 1. The molecule has 174 valence electrons. The molecule has 0 saturated heterocycles. The van der Waals surface area contributed by atoms with Crippen LogP contribution < -0.4 is 0 Å². The molecule has 0 amide bonds. The van der Waals surface area contributed by atoms with Gasteiger partial charge in [-0.1, -0.05) is 5.04 Å². The zero-order valence-electron chi connectivity index (χ0n) is 18.0. The van der Waals surface area contributed by atoms with Crippen molar-refractivity contribution in [3.63, 3.8) is 0 Å². The van der Waals surface area contributed by atoms with Crippen molar-refractivity contribution in [2.24, 2.45) is 0 Å². The number of unbranched alkanes of at least 4 members (excludes halogenated alkanes) is 2. The van der Waals surface area contributed by atoms with Crippen molar-refractivity contribution in [2.75, 3.05) is 6.54 Å². The minimum atomic E-state index is -4.49. The van der Waals surface area contributed by atoms with Gasteiger partial charge in [-0.2, -0.15) is 13.0 Å². The quantitative estimate of drug-likeness (QED) is 0.111. The van der Waals surface area contributed by atoms with E-state index in [4.69, 9.17) is 10.4 Å². The smallest absolute Gasteiger partial charge is 0.303 e. The Morgan fingerprint density at radius 1 is 1.16 bits per heavy atom. The molecule has 9 nitrogen and oxygen atoms in total. The number of fused-ring (bicyclic) bond motifs is 3. The highest BCUT2D eigenvalue weighted by atomic mass is 32.2. The van der Waals surface area contributed by atoms with Crippen LogP contribution in [0.15, 0.2) is 34.1 Å². The summed E-state index contributed by atoms with van der Waals surface area (Å²) in [4.78, 5) is 10.8. The Morgan fingerprint density at radius 2 is 1.88 bits per heavy atom. The van der Waals surface area contributed by atoms with E-state index >= 15 is 0 Å². The Kier molecular flexibility index (Phi) is 7.28. The summed E-state index contributed by atoms with van der Waals surface area (Å²) >= 11 is 0.633. The number of hydrogen-bond donors (Lipinski definition) is 3. The van der Waals surface area contributed by atoms with Crippen LogP contribution in [0.25, 0.3) is 10.8 Å². The highest BCUT2D eigenvalue weighted by Gasteiger charge is 2.44. The van der Waals surface area contributed by atoms with Crippen molar-refractivity contribution in [1.82, 2.24) is 0 Å². The SMILES string of the molecule is CC1=[N+](CCCCCC(=O)O)c2ccc3c(SOOO)cc(S(=O)(=O)O)cc3c2C1(C)C. The third-order valence-electron chi connectivity index (χ3n) is 6.00. The van der Waals surface area contributed by atoms with Crippen LogP contribution in [0.3, 0.4) is 0 Å². The molecule has 0 bridgehead atoms. The standard InChI is InChI=1S/C21H25NO8S2/c1-13-21(2,3)20-16-11-14(32(26,27)28)12-18(31-30-29-25)15(16)8-9-17(20)22(13)10-6-4-5-7-19(23)24/h8-9,11-12H,4-7,10H2,1-3H3,(H2-,23,24,25,26,27,28)/p+1. The van der Waals surface area contributed by atoms with Crippen LogP contribution in [0.5, 0.6) is 0 Å². The fourth-order valence-electron chi connectivity index (χ4n) is 4.23. The minimum Gasteiger partial charge on any atom is -0.481 e. The minimum absolute atomic E-state index is 0.147. The van der Waals surface area contributed by atoms with E-state index in [2.05, 4.69) is 13.9 Å². The lowest BCUT2D eigenvalue weighted by molar-refractivity contribution is -0.439. The van der Waals surface area contributed by atoms with Crippen molar-refractivity contribution in [3.05, 3.63) is 29.8 Å². The third-order valence-corrected chi connectivity index (χ3v) is 7.48. The number of nitrogens with zero attached hydrogens (tertiary/aromatic N) is 1. The van der Waals surface area contributed by atoms with E-state index in [9.17, 15) is 17.8 Å². The summed E-state index contributed by atoms with van der Waals surface area (Å²) in [6.45, 7) is 6.82. The predicted molar refractivity (Wildman–Crippen MR) is 119 cm³/mol. The molecule has 0 fully saturated rings. The fraction of sp³-hybridized carbons (Fsp3) is 0.429. The maximum atomic E-state index is 11.9. The normalized spacial score (nSPS) is 15.4. The van der Waals surface area contributed by atoms with Gasteiger partial charge in [-0.05, 0) is 55.7 Å². The second-order valence-corrected chi connectivity index (χ2v) is 10.4. The monoisotopic (exact) mass is 484 g/mol. The summed E-state index contributed by atoms with van der Waals surface area (Å²) in [6, 6.07) is 6.48. The second-order valence-electron chi connectivity index (χ2n) is 8.24. The first-order chi connectivity index (χ1) is 15.0. The van der Waals surface area contributed by atoms with Crippen LogP contribution in [0.2, 0.25) is 0 Å². The number of hydrogen-bond acceptors (Lipinski definition) is 7. The van der Waals surface area contributed by atoms with Crippen molar-refractivity contribution < 1.29 is 42.1 Å². The molecule has 1 heterocycles. The van der Waals surface area contributed by atoms with Gasteiger partial charge in [0.15, 0.2) is 5.71 Å². The van der Waals surface area contributed by atoms with Gasteiger partial charge >= 0.3 is 5.97 Å². The molecule has 3 rings (SSSR count). The second kappa shape index (κ2) is 9.46. The largest absolute Gasteiger partial charge is 0.481 e. The Morgan fingerprint density at radius 3 is 2.50 bits per heavy atom. The molecule has 0 spiro atoms. The van der Waals surface area contributed by atoms with E-state index in [1.807, 2.05) is 32.9 Å². The Labute approximate surface area is 190 Å². The number of aliphatic carboxylic acids is 1. The van der Waals surface area contributed by atoms with E-state index in [1.54, 1.807) is 0 Å². The zero-order chi connectivity index (χ0) is 23.7. The molecule has 32 heavy (non-hydrogen) atoms. The highest BCUT2D eigenvalue weighted by Crippen LogP contribution is 2.46. The van der Waals surface area contributed by atoms with Gasteiger partial charge in [0.2, 0.25) is 5.69 Å². The molecule has 3 N–H and O–H groups in total. The predicted octanol–water partition coefficient (Wildman–Crippen LogP) is 4.56. The van der Waals surface area contributed by atoms with Crippen LogP contribution >= 0.6 is 12.0 Å². The van der Waals surface area contributed by atoms with Crippen molar-refractivity contribution in [2.45, 2.75) is 61.7 Å². The van der Waals surface area contributed by atoms with Crippen LogP contribution in [0.1, 0.15) is 52.0 Å². The van der Waals surface area contributed by atoms with Crippen LogP contribution in [0.4, 0.5) is 5.69 Å². The van der Waals surface area contributed by atoms with Crippen molar-refractivity contribution in [1.29, 1.82) is 0 Å². The van der Waals surface area contributed by atoms with E-state index in [0.29, 0.717) is 40.7 Å². The summed E-state index contributed by atoms with van der Waals surface area (Å²) in [5.74, 6) is -0.800. The number of carboxylic acids is 1. The third kappa shape index (κ3) is 4.82. The molecular formula is C21H26NO8S2+. The van der Waals surface area contributed by atoms with Gasteiger partial charge < -0.3 is 5.11 Å². The number of rotatable bonds is 10. The lowest BCUT2D eigenvalue weighted by atomic mass is 9.80. The van der Waals surface area contributed by atoms with Crippen LogP contribution in [-0.4, -0.2) is 46.1 Å². The molecule has 0 radical (unpaired) electrons. The molecule has 0 saturated carbocycles. The zero-order valence-corrected chi connectivity index (χ0v) is 19.6. The summed E-state index contributed by atoms with van der Waals surface area (Å²) in [7, 11) is -4.49. The molecule has 0 atom stereocenters. The maximum Gasteiger partial charge on any atom is 0.303 e. The summed E-state index contributed by atoms with van der Waals surface area (Å²) in [6.07, 6.45) is 2.35. The topological polar surface area (TPSA) is 133 Å². The van der Waals surface area contributed by atoms with E-state index in [-0.39, 0.29) is 11.3 Å². The van der Waals surface area contributed by atoms with E-state index in [0.717, 1.165) is 29.8 Å². The van der Waals surface area contributed by atoms with Crippen LogP contribution in [-0.2, 0) is 29.7 Å². The fourth-order valence-corrected chi connectivity index (χ4v) is 5.38. The first kappa shape index (κ1) is 24.6. The Hall–Kier alpha value is -2.02. The molecule has 0 aliphatic carbocycles. The van der Waals surface area contributed by atoms with E-state index in [1.165, 1.54) is 12.1 Å².